The van der Waals surface area contributed by atoms with Crippen LogP contribution < -0.4 is 10.4 Å². The molecule has 1 aliphatic rings. The summed E-state index contributed by atoms with van der Waals surface area (Å²) in [5, 5.41) is 5.39. The molecule has 1 aliphatic heterocycles. The van der Waals surface area contributed by atoms with Gasteiger partial charge < -0.3 is 4.74 Å². The molecule has 2 aromatic carbocycles. The van der Waals surface area contributed by atoms with Crippen LogP contribution in [0.1, 0.15) is 29.1 Å². The maximum Gasteiger partial charge on any atom is 0.350 e. The van der Waals surface area contributed by atoms with E-state index >= 15 is 0 Å². The van der Waals surface area contributed by atoms with E-state index in [1.54, 1.807) is 0 Å². The minimum Gasteiger partial charge on any atom is -0.442 e. The number of nitrogens with zero attached hydrogens (tertiary/aromatic N) is 5. The molecule has 0 N–H and O–H groups in total. The van der Waals surface area contributed by atoms with Gasteiger partial charge in [-0.15, -0.1) is 0 Å². The molecule has 1 saturated heterocycles. The first-order chi connectivity index (χ1) is 16.9. The highest BCUT2D eigenvalue weighted by molar-refractivity contribution is 7.13. The van der Waals surface area contributed by atoms with Crippen LogP contribution in [0.3, 0.4) is 0 Å². The van der Waals surface area contributed by atoms with Gasteiger partial charge in [0.15, 0.2) is 11.6 Å². The molecule has 0 amide bonds. The molecule has 1 fully saturated rings. The molecule has 2 aromatic heterocycles. The van der Waals surface area contributed by atoms with Gasteiger partial charge in [0.2, 0.25) is 5.06 Å². The molecule has 7 nitrogen and oxygen atoms in total. The zero-order chi connectivity index (χ0) is 24.5. The van der Waals surface area contributed by atoms with Gasteiger partial charge in [0.25, 0.3) is 0 Å². The number of halogens is 3. The fourth-order valence-electron chi connectivity index (χ4n) is 4.01. The molecule has 0 unspecified atom stereocenters. The second kappa shape index (κ2) is 9.67. The van der Waals surface area contributed by atoms with Gasteiger partial charge in [0.1, 0.15) is 23.0 Å². The SMILES string of the molecule is Cc1nc(CN2CCCC2)sc1Oc1ccc(-n2ncn(Cc3c(F)cccc3F)c2=O)cc1F. The van der Waals surface area contributed by atoms with Crippen LogP contribution in [0.25, 0.3) is 5.69 Å². The Labute approximate surface area is 203 Å². The Balaban J connectivity index is 1.34. The quantitative estimate of drug-likeness (QED) is 0.369. The van der Waals surface area contributed by atoms with E-state index in [-0.39, 0.29) is 23.5 Å². The third kappa shape index (κ3) is 4.87. The van der Waals surface area contributed by atoms with Gasteiger partial charge in [0, 0.05) is 11.6 Å². The zero-order valence-electron chi connectivity index (χ0n) is 18.9. The Morgan fingerprint density at radius 2 is 1.77 bits per heavy atom. The number of thiazole rings is 1. The van der Waals surface area contributed by atoms with Crippen molar-refractivity contribution in [3.63, 3.8) is 0 Å². The molecule has 11 heteroatoms. The summed E-state index contributed by atoms with van der Waals surface area (Å²) in [5.41, 5.74) is -0.0787. The van der Waals surface area contributed by atoms with Crippen molar-refractivity contribution in [2.24, 2.45) is 0 Å². The van der Waals surface area contributed by atoms with Crippen LogP contribution in [0.2, 0.25) is 0 Å². The van der Waals surface area contributed by atoms with Crippen molar-refractivity contribution in [1.29, 1.82) is 0 Å². The normalized spacial score (nSPS) is 14.1. The number of hydrogen-bond donors (Lipinski definition) is 0. The summed E-state index contributed by atoms with van der Waals surface area (Å²) in [5.74, 6) is -2.22. The molecule has 0 atom stereocenters. The summed E-state index contributed by atoms with van der Waals surface area (Å²) in [7, 11) is 0. The van der Waals surface area contributed by atoms with Crippen LogP contribution in [0.5, 0.6) is 10.8 Å². The lowest BCUT2D eigenvalue weighted by molar-refractivity contribution is 0.330. The van der Waals surface area contributed by atoms with E-state index in [2.05, 4.69) is 15.0 Å². The molecule has 3 heterocycles. The van der Waals surface area contributed by atoms with E-state index in [0.717, 1.165) is 58.4 Å². The van der Waals surface area contributed by atoms with Crippen molar-refractivity contribution >= 4 is 11.3 Å². The molecule has 5 rings (SSSR count). The Morgan fingerprint density at radius 1 is 1.03 bits per heavy atom. The lowest BCUT2D eigenvalue weighted by Gasteiger charge is -2.11. The molecule has 0 spiro atoms. The number of rotatable bonds is 7. The summed E-state index contributed by atoms with van der Waals surface area (Å²) < 4.78 is 50.6. The predicted octanol–water partition coefficient (Wildman–Crippen LogP) is 4.65. The Kier molecular flexibility index (Phi) is 6.44. The van der Waals surface area contributed by atoms with Gasteiger partial charge >= 0.3 is 5.69 Å². The Morgan fingerprint density at radius 3 is 2.49 bits per heavy atom. The zero-order valence-corrected chi connectivity index (χ0v) is 19.7. The number of benzene rings is 2. The topological polar surface area (TPSA) is 65.2 Å². The number of aromatic nitrogens is 4. The minimum atomic E-state index is -0.765. The first-order valence-electron chi connectivity index (χ1n) is 11.1. The second-order valence-electron chi connectivity index (χ2n) is 8.33. The molecular weight excluding hydrogens is 479 g/mol. The largest absolute Gasteiger partial charge is 0.442 e. The van der Waals surface area contributed by atoms with Crippen molar-refractivity contribution in [3.8, 4) is 16.5 Å². The summed E-state index contributed by atoms with van der Waals surface area (Å²) in [6, 6.07) is 7.49. The number of aryl methyl sites for hydroxylation is 1. The van der Waals surface area contributed by atoms with E-state index in [1.165, 1.54) is 42.4 Å². The van der Waals surface area contributed by atoms with Gasteiger partial charge in [-0.1, -0.05) is 17.4 Å². The smallest absolute Gasteiger partial charge is 0.350 e. The van der Waals surface area contributed by atoms with E-state index in [1.807, 2.05) is 6.92 Å². The molecule has 4 aromatic rings. The molecule has 35 heavy (non-hydrogen) atoms. The molecule has 0 aliphatic carbocycles. The van der Waals surface area contributed by atoms with Crippen LogP contribution in [-0.4, -0.2) is 37.3 Å². The lowest BCUT2D eigenvalue weighted by Crippen LogP contribution is -2.24. The minimum absolute atomic E-state index is 0.00543. The number of likely N-dealkylation sites (tertiary alicyclic amines) is 1. The first kappa shape index (κ1) is 23.3. The van der Waals surface area contributed by atoms with E-state index in [4.69, 9.17) is 4.74 Å². The molecular formula is C24H22F3N5O2S. The van der Waals surface area contributed by atoms with Crippen molar-refractivity contribution in [3.05, 3.63) is 86.9 Å². The van der Waals surface area contributed by atoms with Gasteiger partial charge in [-0.05, 0) is 57.1 Å². The second-order valence-corrected chi connectivity index (χ2v) is 9.38. The number of ether oxygens (including phenoxy) is 1. The average Bonchev–Trinajstić information content (AvgIpc) is 3.54. The summed E-state index contributed by atoms with van der Waals surface area (Å²) in [6.07, 6.45) is 3.53. The number of hydrogen-bond acceptors (Lipinski definition) is 6. The van der Waals surface area contributed by atoms with E-state index < -0.39 is 23.1 Å². The van der Waals surface area contributed by atoms with Crippen LogP contribution in [-0.2, 0) is 13.1 Å². The van der Waals surface area contributed by atoms with Crippen LogP contribution in [0.4, 0.5) is 13.2 Å². The van der Waals surface area contributed by atoms with Crippen molar-refractivity contribution in [2.75, 3.05) is 13.1 Å². The van der Waals surface area contributed by atoms with Gasteiger partial charge in [-0.25, -0.2) is 22.9 Å². The molecule has 0 saturated carbocycles. The monoisotopic (exact) mass is 501 g/mol. The van der Waals surface area contributed by atoms with E-state index in [0.29, 0.717) is 10.8 Å². The highest BCUT2D eigenvalue weighted by Crippen LogP contribution is 2.34. The van der Waals surface area contributed by atoms with Gasteiger partial charge in [-0.3, -0.25) is 9.47 Å². The first-order valence-corrected chi connectivity index (χ1v) is 11.9. The van der Waals surface area contributed by atoms with Crippen LogP contribution in [0, 0.1) is 24.4 Å². The summed E-state index contributed by atoms with van der Waals surface area (Å²) >= 11 is 1.39. The van der Waals surface area contributed by atoms with E-state index in [9.17, 15) is 18.0 Å². The van der Waals surface area contributed by atoms with Crippen molar-refractivity contribution in [2.45, 2.75) is 32.9 Å². The Bertz CT molecular complexity index is 1400. The summed E-state index contributed by atoms with van der Waals surface area (Å²) in [4.78, 5) is 19.6. The predicted molar refractivity (Wildman–Crippen MR) is 125 cm³/mol. The standard InChI is InChI=1S/C24H22F3N5O2S/c1-15-23(35-22(29-15)13-30-9-2-3-10-30)34-21-8-7-16(11-20(21)27)32-24(33)31(14-28-32)12-17-18(25)5-4-6-19(17)26/h4-8,11,14H,2-3,9-10,12-13H2,1H3. The van der Waals surface area contributed by atoms with Crippen LogP contribution >= 0.6 is 11.3 Å². The van der Waals surface area contributed by atoms with Crippen LogP contribution in [0.15, 0.2) is 47.5 Å². The fraction of sp³-hybridized carbons (Fsp3) is 0.292. The average molecular weight is 502 g/mol. The van der Waals surface area contributed by atoms with Crippen molar-refractivity contribution in [1.82, 2.24) is 24.2 Å². The maximum absolute atomic E-state index is 14.9. The summed E-state index contributed by atoms with van der Waals surface area (Å²) in [6.45, 7) is 4.32. The molecule has 182 valence electrons. The van der Waals surface area contributed by atoms with Gasteiger partial charge in [0.05, 0.1) is 24.5 Å². The lowest BCUT2D eigenvalue weighted by atomic mass is 10.2. The third-order valence-corrected chi connectivity index (χ3v) is 6.86. The third-order valence-electron chi connectivity index (χ3n) is 5.84. The molecule has 0 radical (unpaired) electrons. The highest BCUT2D eigenvalue weighted by Gasteiger charge is 2.18. The molecule has 0 bridgehead atoms. The van der Waals surface area contributed by atoms with Crippen molar-refractivity contribution < 1.29 is 17.9 Å². The highest BCUT2D eigenvalue weighted by atomic mass is 32.1. The van der Waals surface area contributed by atoms with Gasteiger partial charge in [-0.2, -0.15) is 9.78 Å². The maximum atomic E-state index is 14.9. The fourth-order valence-corrected chi connectivity index (χ4v) is 4.98. The Hall–Kier alpha value is -3.44.